The third-order valence-corrected chi connectivity index (χ3v) is 10.8. The largest absolute Gasteiger partial charge is 0.497 e. The fourth-order valence-corrected chi connectivity index (χ4v) is 7.64. The number of methoxy groups -OCH3 is 1. The molecule has 7 rings (SSSR count). The van der Waals surface area contributed by atoms with E-state index in [9.17, 15) is 24.3 Å². The van der Waals surface area contributed by atoms with E-state index in [1.54, 1.807) is 123 Å². The van der Waals surface area contributed by atoms with E-state index in [4.69, 9.17) is 40.0 Å². The first-order valence-corrected chi connectivity index (χ1v) is 20.2. The van der Waals surface area contributed by atoms with Crippen LogP contribution >= 0.6 is 11.6 Å². The summed E-state index contributed by atoms with van der Waals surface area (Å²) >= 11 is 7.05. The Morgan fingerprint density at radius 3 is 1.58 bits per heavy atom. The van der Waals surface area contributed by atoms with Crippen molar-refractivity contribution in [3.05, 3.63) is 207 Å². The molecule has 316 valence electrons. The molecule has 1 aliphatic rings. The van der Waals surface area contributed by atoms with Crippen molar-refractivity contribution in [3.63, 3.8) is 0 Å². The average molecular weight is 855 g/mol. The Kier molecular flexibility index (Phi) is 13.5. The van der Waals surface area contributed by atoms with Gasteiger partial charge in [0.05, 0.1) is 29.4 Å². The van der Waals surface area contributed by atoms with Gasteiger partial charge in [-0.25, -0.2) is 19.2 Å². The molecule has 0 amide bonds. The molecule has 1 aliphatic heterocycles. The van der Waals surface area contributed by atoms with Crippen molar-refractivity contribution in [2.75, 3.05) is 7.11 Å². The highest BCUT2D eigenvalue weighted by Gasteiger charge is 2.62. The molecule has 0 aromatic heterocycles. The second-order valence-electron chi connectivity index (χ2n) is 14.7. The van der Waals surface area contributed by atoms with Gasteiger partial charge in [-0.1, -0.05) is 103 Å². The summed E-state index contributed by atoms with van der Waals surface area (Å²) in [7, 11) is 1.55. The molecule has 6 atom stereocenters. The maximum Gasteiger partial charge on any atom is 0.338 e. The van der Waals surface area contributed by atoms with Gasteiger partial charge in [-0.3, -0.25) is 0 Å². The lowest BCUT2D eigenvalue weighted by Gasteiger charge is -2.50. The monoisotopic (exact) mass is 854 g/mol. The summed E-state index contributed by atoms with van der Waals surface area (Å²) in [6.45, 7) is 3.24. The van der Waals surface area contributed by atoms with E-state index >= 15 is 0 Å². The number of benzene rings is 6. The fourth-order valence-electron chi connectivity index (χ4n) is 7.30. The van der Waals surface area contributed by atoms with Crippen molar-refractivity contribution < 1.29 is 52.7 Å². The zero-order valence-electron chi connectivity index (χ0n) is 34.0. The molecule has 0 unspecified atom stereocenters. The third kappa shape index (κ3) is 9.71. The van der Waals surface area contributed by atoms with Crippen LogP contribution < -0.4 is 4.74 Å². The van der Waals surface area contributed by atoms with Crippen LogP contribution in [0.2, 0.25) is 5.02 Å². The van der Waals surface area contributed by atoms with Gasteiger partial charge in [-0.05, 0) is 104 Å². The van der Waals surface area contributed by atoms with Crippen LogP contribution in [0.5, 0.6) is 5.75 Å². The summed E-state index contributed by atoms with van der Waals surface area (Å²) in [5.41, 5.74) is 2.28. The van der Waals surface area contributed by atoms with E-state index in [0.717, 1.165) is 5.56 Å². The average Bonchev–Trinajstić information content (AvgIpc) is 3.30. The number of carbonyl (C=O) groups is 4. The van der Waals surface area contributed by atoms with Crippen LogP contribution in [-0.2, 0) is 35.9 Å². The van der Waals surface area contributed by atoms with E-state index in [1.807, 2.05) is 12.1 Å². The lowest BCUT2D eigenvalue weighted by atomic mass is 9.82. The minimum atomic E-state index is -2.74. The van der Waals surface area contributed by atoms with Gasteiger partial charge in [0.2, 0.25) is 11.9 Å². The minimum absolute atomic E-state index is 0.0457. The molecule has 0 bridgehead atoms. The number of aryl methyl sites for hydroxylation is 1. The molecule has 1 N–H and O–H groups in total. The molecule has 62 heavy (non-hydrogen) atoms. The van der Waals surface area contributed by atoms with E-state index in [0.29, 0.717) is 16.9 Å². The molecule has 0 spiro atoms. The Hall–Kier alpha value is -6.79. The number of hydrogen-bond donors (Lipinski definition) is 1. The number of hydrogen-bond acceptors (Lipinski definition) is 11. The van der Waals surface area contributed by atoms with Crippen molar-refractivity contribution in [1.82, 2.24) is 0 Å². The van der Waals surface area contributed by atoms with Crippen LogP contribution in [-0.4, -0.2) is 66.6 Å². The van der Waals surface area contributed by atoms with Gasteiger partial charge in [0.25, 0.3) is 0 Å². The van der Waals surface area contributed by atoms with Crippen molar-refractivity contribution in [1.29, 1.82) is 0 Å². The van der Waals surface area contributed by atoms with E-state index in [2.05, 4.69) is 0 Å². The van der Waals surface area contributed by atoms with Crippen molar-refractivity contribution in [3.8, 4) is 5.75 Å². The van der Waals surface area contributed by atoms with Gasteiger partial charge in [-0.2, -0.15) is 0 Å². The summed E-state index contributed by atoms with van der Waals surface area (Å²) in [4.78, 5) is 56.2. The van der Waals surface area contributed by atoms with E-state index < -0.39 is 60.2 Å². The summed E-state index contributed by atoms with van der Waals surface area (Å²) < 4.78 is 36.9. The molecular formula is C50H43ClO11. The first-order valence-electron chi connectivity index (χ1n) is 19.8. The van der Waals surface area contributed by atoms with Gasteiger partial charge in [-0.15, -0.1) is 0 Å². The molecule has 12 heteroatoms. The van der Waals surface area contributed by atoms with Crippen molar-refractivity contribution in [2.45, 2.75) is 56.6 Å². The lowest BCUT2D eigenvalue weighted by molar-refractivity contribution is -0.360. The highest BCUT2D eigenvalue weighted by Crippen LogP contribution is 2.46. The predicted molar refractivity (Wildman–Crippen MR) is 229 cm³/mol. The van der Waals surface area contributed by atoms with Crippen molar-refractivity contribution in [2.24, 2.45) is 0 Å². The van der Waals surface area contributed by atoms with Gasteiger partial charge >= 0.3 is 23.9 Å². The smallest absolute Gasteiger partial charge is 0.338 e. The van der Waals surface area contributed by atoms with Gasteiger partial charge in [0, 0.05) is 10.6 Å². The number of aliphatic hydroxyl groups is 1. The maximum absolute atomic E-state index is 14.2. The Morgan fingerprint density at radius 1 is 0.645 bits per heavy atom. The Balaban J connectivity index is 1.44. The molecule has 6 aromatic rings. The second-order valence-corrected chi connectivity index (χ2v) is 15.1. The molecule has 1 saturated heterocycles. The first kappa shape index (κ1) is 43.3. The summed E-state index contributed by atoms with van der Waals surface area (Å²) in [5, 5.41) is 13.8. The van der Waals surface area contributed by atoms with Crippen LogP contribution in [0.1, 0.15) is 70.6 Å². The normalized spacial score (nSPS) is 20.0. The fraction of sp³-hybridized carbons (Fsp3) is 0.200. The maximum atomic E-state index is 14.2. The van der Waals surface area contributed by atoms with E-state index in [-0.39, 0.29) is 39.3 Å². The number of rotatable bonds is 13. The minimum Gasteiger partial charge on any atom is -0.497 e. The zero-order valence-corrected chi connectivity index (χ0v) is 34.8. The molecule has 0 radical (unpaired) electrons. The molecule has 1 heterocycles. The number of halogens is 1. The number of ether oxygens (including phenoxy) is 6. The summed E-state index contributed by atoms with van der Waals surface area (Å²) in [5.74, 6) is -5.58. The van der Waals surface area contributed by atoms with E-state index in [1.165, 1.54) is 43.3 Å². The topological polar surface area (TPSA) is 144 Å². The molecule has 11 nitrogen and oxygen atoms in total. The van der Waals surface area contributed by atoms with Gasteiger partial charge < -0.3 is 33.5 Å². The Morgan fingerprint density at radius 2 is 1.10 bits per heavy atom. The molecule has 1 fully saturated rings. The molecule has 6 aromatic carbocycles. The first-order chi connectivity index (χ1) is 29.9. The van der Waals surface area contributed by atoms with Crippen LogP contribution in [0.15, 0.2) is 158 Å². The molecular weight excluding hydrogens is 812 g/mol. The standard InChI is InChI=1S/C50H43ClO11/c1-31-28-40(39(41(51)29-31)30-33-24-26-38(57-3)27-25-33)50(56)45(61-49(55)37-22-14-7-15-23-37)44(60-48(54)36-20-12-6-13-21-36)43(59-47(53)35-18-10-5-11-19-35)42(62-50)32(2)58-46(52)34-16-8-4-9-17-34/h4-29,32,42-45,56H,30H2,1-3H3/t32-,42+,43+,44-,45+,50+/m0/s1. The highest BCUT2D eigenvalue weighted by molar-refractivity contribution is 6.31. The zero-order chi connectivity index (χ0) is 43.8. The van der Waals surface area contributed by atoms with Crippen LogP contribution in [0, 0.1) is 6.92 Å². The van der Waals surface area contributed by atoms with Crippen LogP contribution in [0.3, 0.4) is 0 Å². The SMILES string of the molecule is COc1ccc(Cc2c(Cl)cc(C)cc2[C@@]2(O)O[C@H]([C@H](C)OC(=O)c3ccccc3)[C@@H](OC(=O)c3ccccc3)[C@H](OC(=O)c3ccccc3)[C@H]2OC(=O)c2ccccc2)cc1. The molecule has 0 aliphatic carbocycles. The summed E-state index contributed by atoms with van der Waals surface area (Å²) in [6.07, 6.45) is -8.25. The highest BCUT2D eigenvalue weighted by atomic mass is 35.5. The van der Waals surface area contributed by atoms with Gasteiger partial charge in [0.1, 0.15) is 18.0 Å². The molecule has 0 saturated carbocycles. The third-order valence-electron chi connectivity index (χ3n) is 10.4. The summed E-state index contributed by atoms with van der Waals surface area (Å²) in [6, 6.07) is 42.7. The predicted octanol–water partition coefficient (Wildman–Crippen LogP) is 8.71. The van der Waals surface area contributed by atoms with Crippen LogP contribution in [0.4, 0.5) is 0 Å². The van der Waals surface area contributed by atoms with Crippen molar-refractivity contribution >= 4 is 35.5 Å². The lowest BCUT2D eigenvalue weighted by Crippen LogP contribution is -2.68. The van der Waals surface area contributed by atoms with Crippen LogP contribution in [0.25, 0.3) is 0 Å². The Labute approximate surface area is 363 Å². The second kappa shape index (κ2) is 19.3. The Bertz CT molecular complexity index is 2500. The number of esters is 4. The quantitative estimate of drug-likeness (QED) is 0.0880. The number of carbonyl (C=O) groups excluding carboxylic acids is 4. The van der Waals surface area contributed by atoms with Gasteiger partial charge in [0.15, 0.2) is 12.2 Å².